The van der Waals surface area contributed by atoms with Gasteiger partial charge in [0.15, 0.2) is 0 Å². The van der Waals surface area contributed by atoms with Gasteiger partial charge in [-0.05, 0) is 26.0 Å². The molecule has 1 aromatic rings. The maximum Gasteiger partial charge on any atom is 0.0636 e. The van der Waals surface area contributed by atoms with Crippen LogP contribution in [-0.4, -0.2) is 22.7 Å². The number of aliphatic hydroxyl groups is 1. The number of hydrogen-bond acceptors (Lipinski definition) is 3. The molecule has 0 saturated carbocycles. The molecule has 13 heavy (non-hydrogen) atoms. The van der Waals surface area contributed by atoms with Gasteiger partial charge < -0.3 is 10.4 Å². The molecular weight excluding hydrogens is 164 g/mol. The number of nitrogens with one attached hydrogen (secondary N) is 1. The van der Waals surface area contributed by atoms with Crippen LogP contribution in [0, 0.1) is 6.92 Å². The third-order valence-electron chi connectivity index (χ3n) is 1.69. The summed E-state index contributed by atoms with van der Waals surface area (Å²) in [5.74, 6) is 0. The first kappa shape index (κ1) is 10.2. The Kier molecular flexibility index (Phi) is 3.86. The minimum Gasteiger partial charge on any atom is -0.392 e. The lowest BCUT2D eigenvalue weighted by Crippen LogP contribution is -2.24. The van der Waals surface area contributed by atoms with Crippen LogP contribution in [0.25, 0.3) is 0 Å². The Balaban J connectivity index is 2.37. The van der Waals surface area contributed by atoms with Crippen LogP contribution in [0.3, 0.4) is 0 Å². The summed E-state index contributed by atoms with van der Waals surface area (Å²) in [4.78, 5) is 4.33. The first-order chi connectivity index (χ1) is 6.18. The van der Waals surface area contributed by atoms with E-state index in [1.165, 1.54) is 0 Å². The van der Waals surface area contributed by atoms with Gasteiger partial charge in [-0.3, -0.25) is 4.98 Å². The van der Waals surface area contributed by atoms with Crippen molar-refractivity contribution in [2.45, 2.75) is 26.5 Å². The van der Waals surface area contributed by atoms with Gasteiger partial charge in [0.25, 0.3) is 0 Å². The highest BCUT2D eigenvalue weighted by Crippen LogP contribution is 1.97. The van der Waals surface area contributed by atoms with E-state index < -0.39 is 0 Å². The van der Waals surface area contributed by atoms with Gasteiger partial charge in [0, 0.05) is 18.8 Å². The van der Waals surface area contributed by atoms with E-state index in [-0.39, 0.29) is 6.10 Å². The predicted molar refractivity (Wildman–Crippen MR) is 52.4 cm³/mol. The van der Waals surface area contributed by atoms with E-state index in [1.54, 1.807) is 6.92 Å². The molecule has 3 heteroatoms. The average Bonchev–Trinajstić information content (AvgIpc) is 2.03. The molecule has 0 amide bonds. The molecule has 1 aromatic heterocycles. The van der Waals surface area contributed by atoms with Crippen molar-refractivity contribution in [3.05, 3.63) is 29.6 Å². The Bertz CT molecular complexity index is 261. The van der Waals surface area contributed by atoms with Crippen LogP contribution in [0.1, 0.15) is 18.3 Å². The van der Waals surface area contributed by atoms with Crippen LogP contribution in [0.4, 0.5) is 0 Å². The lowest BCUT2D eigenvalue weighted by molar-refractivity contribution is 0.191. The van der Waals surface area contributed by atoms with Crippen LogP contribution in [0.5, 0.6) is 0 Å². The standard InChI is InChI=1S/C10H16N2O/c1-8-4-3-5-10(12-8)7-11-6-9(2)13/h3-5,9,11,13H,6-7H2,1-2H3/t9-/m0/s1. The van der Waals surface area contributed by atoms with E-state index in [0.29, 0.717) is 13.1 Å². The second kappa shape index (κ2) is 4.94. The van der Waals surface area contributed by atoms with Crippen molar-refractivity contribution in [1.82, 2.24) is 10.3 Å². The van der Waals surface area contributed by atoms with Gasteiger partial charge in [0.2, 0.25) is 0 Å². The summed E-state index contributed by atoms with van der Waals surface area (Å²) in [5.41, 5.74) is 2.04. The summed E-state index contributed by atoms with van der Waals surface area (Å²) >= 11 is 0. The Hall–Kier alpha value is -0.930. The molecule has 3 nitrogen and oxygen atoms in total. The molecule has 0 saturated heterocycles. The van der Waals surface area contributed by atoms with Crippen molar-refractivity contribution < 1.29 is 5.11 Å². The fraction of sp³-hybridized carbons (Fsp3) is 0.500. The zero-order valence-electron chi connectivity index (χ0n) is 8.12. The van der Waals surface area contributed by atoms with Crippen LogP contribution in [0.15, 0.2) is 18.2 Å². The molecular formula is C10H16N2O. The maximum atomic E-state index is 9.00. The summed E-state index contributed by atoms with van der Waals surface area (Å²) in [6, 6.07) is 5.93. The van der Waals surface area contributed by atoms with Crippen LogP contribution >= 0.6 is 0 Å². The molecule has 0 aliphatic rings. The molecule has 0 radical (unpaired) electrons. The molecule has 0 bridgehead atoms. The smallest absolute Gasteiger partial charge is 0.0636 e. The van der Waals surface area contributed by atoms with E-state index in [4.69, 9.17) is 5.11 Å². The monoisotopic (exact) mass is 180 g/mol. The predicted octanol–water partition coefficient (Wildman–Crippen LogP) is 0.860. The van der Waals surface area contributed by atoms with Crippen LogP contribution in [0.2, 0.25) is 0 Å². The van der Waals surface area contributed by atoms with Crippen LogP contribution in [-0.2, 0) is 6.54 Å². The Morgan fingerprint density at radius 3 is 2.92 bits per heavy atom. The van der Waals surface area contributed by atoms with Gasteiger partial charge in [0.1, 0.15) is 0 Å². The summed E-state index contributed by atoms with van der Waals surface area (Å²) in [6.07, 6.45) is -0.301. The second-order valence-electron chi connectivity index (χ2n) is 3.25. The van der Waals surface area contributed by atoms with E-state index in [0.717, 1.165) is 11.4 Å². The number of aryl methyl sites for hydroxylation is 1. The van der Waals surface area contributed by atoms with Gasteiger partial charge in [-0.15, -0.1) is 0 Å². The molecule has 1 rings (SSSR count). The first-order valence-electron chi connectivity index (χ1n) is 4.50. The Morgan fingerprint density at radius 1 is 1.54 bits per heavy atom. The van der Waals surface area contributed by atoms with Crippen molar-refractivity contribution in [3.8, 4) is 0 Å². The number of nitrogens with zero attached hydrogens (tertiary/aromatic N) is 1. The largest absolute Gasteiger partial charge is 0.392 e. The van der Waals surface area contributed by atoms with E-state index in [1.807, 2.05) is 25.1 Å². The maximum absolute atomic E-state index is 9.00. The highest BCUT2D eigenvalue weighted by Gasteiger charge is 1.96. The highest BCUT2D eigenvalue weighted by atomic mass is 16.3. The SMILES string of the molecule is Cc1cccc(CNC[C@H](C)O)n1. The summed E-state index contributed by atoms with van der Waals surface area (Å²) in [5, 5.41) is 12.1. The second-order valence-corrected chi connectivity index (χ2v) is 3.25. The van der Waals surface area contributed by atoms with E-state index >= 15 is 0 Å². The third kappa shape index (κ3) is 4.01. The summed E-state index contributed by atoms with van der Waals surface area (Å²) < 4.78 is 0. The van der Waals surface area contributed by atoms with Crippen molar-refractivity contribution in [1.29, 1.82) is 0 Å². The lowest BCUT2D eigenvalue weighted by Gasteiger charge is -2.06. The van der Waals surface area contributed by atoms with Gasteiger partial charge >= 0.3 is 0 Å². The Morgan fingerprint density at radius 2 is 2.31 bits per heavy atom. The summed E-state index contributed by atoms with van der Waals surface area (Å²) in [7, 11) is 0. The first-order valence-corrected chi connectivity index (χ1v) is 4.50. The van der Waals surface area contributed by atoms with E-state index in [2.05, 4.69) is 10.3 Å². The van der Waals surface area contributed by atoms with E-state index in [9.17, 15) is 0 Å². The van der Waals surface area contributed by atoms with Gasteiger partial charge in [-0.2, -0.15) is 0 Å². The summed E-state index contributed by atoms with van der Waals surface area (Å²) in [6.45, 7) is 5.05. The number of hydrogen-bond donors (Lipinski definition) is 2. The lowest BCUT2D eigenvalue weighted by atomic mass is 10.3. The normalized spacial score (nSPS) is 12.8. The third-order valence-corrected chi connectivity index (χ3v) is 1.69. The number of aromatic nitrogens is 1. The molecule has 1 heterocycles. The van der Waals surface area contributed by atoms with Crippen molar-refractivity contribution in [2.24, 2.45) is 0 Å². The highest BCUT2D eigenvalue weighted by molar-refractivity contribution is 5.09. The molecule has 0 fully saturated rings. The van der Waals surface area contributed by atoms with Crippen molar-refractivity contribution >= 4 is 0 Å². The fourth-order valence-corrected chi connectivity index (χ4v) is 1.11. The number of aliphatic hydroxyl groups excluding tert-OH is 1. The molecule has 0 aliphatic heterocycles. The number of rotatable bonds is 4. The van der Waals surface area contributed by atoms with Gasteiger partial charge in [-0.1, -0.05) is 6.07 Å². The molecule has 0 unspecified atom stereocenters. The van der Waals surface area contributed by atoms with Crippen LogP contribution < -0.4 is 5.32 Å². The Labute approximate surface area is 78.8 Å². The molecule has 2 N–H and O–H groups in total. The minimum absolute atomic E-state index is 0.301. The van der Waals surface area contributed by atoms with Gasteiger partial charge in [-0.25, -0.2) is 0 Å². The average molecular weight is 180 g/mol. The molecule has 0 aliphatic carbocycles. The molecule has 0 spiro atoms. The molecule has 0 aromatic carbocycles. The van der Waals surface area contributed by atoms with Gasteiger partial charge in [0.05, 0.1) is 11.8 Å². The topological polar surface area (TPSA) is 45.1 Å². The fourth-order valence-electron chi connectivity index (χ4n) is 1.11. The molecule has 72 valence electrons. The molecule has 1 atom stereocenters. The number of pyridine rings is 1. The quantitative estimate of drug-likeness (QED) is 0.722. The zero-order chi connectivity index (χ0) is 9.68. The zero-order valence-corrected chi connectivity index (χ0v) is 8.12. The van der Waals surface area contributed by atoms with Crippen molar-refractivity contribution in [2.75, 3.05) is 6.54 Å². The van der Waals surface area contributed by atoms with Crippen molar-refractivity contribution in [3.63, 3.8) is 0 Å². The minimum atomic E-state index is -0.301.